The molecule has 110 valence electrons. The first kappa shape index (κ1) is 14.7. The number of nitrogens with one attached hydrogen (secondary N) is 1. The largest absolute Gasteiger partial charge is 0.396 e. The lowest BCUT2D eigenvalue weighted by atomic mass is 10.1. The topological polar surface area (TPSA) is 111 Å². The van der Waals surface area contributed by atoms with Crippen LogP contribution in [-0.2, 0) is 19.4 Å². The molecule has 1 aromatic rings. The second kappa shape index (κ2) is 6.19. The standard InChI is InChI=1S/C12H17N3O4S/c13-10-7-14-4-1-11(10)20(17,18)8-12(16)15-9-2-5-19-6-3-9/h1,4,7,9H,2-3,5-6,8,13H2,(H,15,16). The van der Waals surface area contributed by atoms with Crippen LogP contribution in [0.1, 0.15) is 12.8 Å². The first-order chi connectivity index (χ1) is 9.49. The summed E-state index contributed by atoms with van der Waals surface area (Å²) in [7, 11) is -3.75. The van der Waals surface area contributed by atoms with Crippen LogP contribution in [0.3, 0.4) is 0 Å². The third kappa shape index (κ3) is 3.67. The molecule has 0 atom stereocenters. The van der Waals surface area contributed by atoms with Gasteiger partial charge in [-0.15, -0.1) is 0 Å². The number of hydrogen-bond acceptors (Lipinski definition) is 6. The number of ether oxygens (including phenoxy) is 1. The van der Waals surface area contributed by atoms with Crippen molar-refractivity contribution in [3.63, 3.8) is 0 Å². The molecule has 2 heterocycles. The first-order valence-corrected chi connectivity index (χ1v) is 7.93. The smallest absolute Gasteiger partial charge is 0.235 e. The van der Waals surface area contributed by atoms with Crippen molar-refractivity contribution < 1.29 is 17.9 Å². The summed E-state index contributed by atoms with van der Waals surface area (Å²) < 4.78 is 29.4. The maximum atomic E-state index is 12.1. The molecule has 3 N–H and O–H groups in total. The van der Waals surface area contributed by atoms with Crippen LogP contribution in [0, 0.1) is 0 Å². The van der Waals surface area contributed by atoms with E-state index in [0.717, 1.165) is 0 Å². The minimum absolute atomic E-state index is 0.0266. The quantitative estimate of drug-likeness (QED) is 0.792. The Hall–Kier alpha value is -1.67. The minimum Gasteiger partial charge on any atom is -0.396 e. The van der Waals surface area contributed by atoms with Gasteiger partial charge in [-0.25, -0.2) is 8.42 Å². The van der Waals surface area contributed by atoms with Gasteiger partial charge in [-0.1, -0.05) is 0 Å². The van der Waals surface area contributed by atoms with Gasteiger partial charge in [0.1, 0.15) is 5.75 Å². The molecular weight excluding hydrogens is 282 g/mol. The average molecular weight is 299 g/mol. The Bertz CT molecular complexity index is 582. The van der Waals surface area contributed by atoms with Gasteiger partial charge in [0.25, 0.3) is 0 Å². The number of sulfone groups is 1. The second-order valence-electron chi connectivity index (χ2n) is 4.63. The van der Waals surface area contributed by atoms with E-state index in [0.29, 0.717) is 26.1 Å². The van der Waals surface area contributed by atoms with Crippen LogP contribution in [0.2, 0.25) is 0 Å². The summed E-state index contributed by atoms with van der Waals surface area (Å²) in [4.78, 5) is 15.5. The number of carbonyl (C=O) groups excluding carboxylic acids is 1. The number of nitrogen functional groups attached to an aromatic ring is 1. The molecule has 1 aromatic heterocycles. The molecule has 1 aliphatic rings. The molecule has 1 fully saturated rings. The molecule has 0 radical (unpaired) electrons. The molecule has 2 rings (SSSR count). The molecule has 1 aliphatic heterocycles. The molecule has 0 spiro atoms. The Balaban J connectivity index is 2.01. The summed E-state index contributed by atoms with van der Waals surface area (Å²) in [6, 6.07) is 1.27. The van der Waals surface area contributed by atoms with Crippen molar-refractivity contribution in [2.75, 3.05) is 24.7 Å². The highest BCUT2D eigenvalue weighted by atomic mass is 32.2. The van der Waals surface area contributed by atoms with E-state index in [1.807, 2.05) is 0 Å². The fourth-order valence-corrected chi connectivity index (χ4v) is 3.30. The second-order valence-corrected chi connectivity index (χ2v) is 6.58. The zero-order valence-corrected chi connectivity index (χ0v) is 11.7. The highest BCUT2D eigenvalue weighted by molar-refractivity contribution is 7.92. The van der Waals surface area contributed by atoms with Crippen molar-refractivity contribution in [1.82, 2.24) is 10.3 Å². The summed E-state index contributed by atoms with van der Waals surface area (Å²) in [5.74, 6) is -1.13. The Labute approximate surface area is 117 Å². The number of aromatic nitrogens is 1. The highest BCUT2D eigenvalue weighted by Crippen LogP contribution is 2.17. The predicted octanol–water partition coefficient (Wildman–Crippen LogP) is -0.267. The van der Waals surface area contributed by atoms with E-state index >= 15 is 0 Å². The van der Waals surface area contributed by atoms with Crippen LogP contribution < -0.4 is 11.1 Å². The third-order valence-corrected chi connectivity index (χ3v) is 4.74. The zero-order chi connectivity index (χ0) is 14.6. The lowest BCUT2D eigenvalue weighted by molar-refractivity contribution is -0.119. The van der Waals surface area contributed by atoms with Gasteiger partial charge in [-0.2, -0.15) is 0 Å². The summed E-state index contributed by atoms with van der Waals surface area (Å²) in [5, 5.41) is 2.71. The molecule has 8 heteroatoms. The van der Waals surface area contributed by atoms with Crippen molar-refractivity contribution in [1.29, 1.82) is 0 Å². The summed E-state index contributed by atoms with van der Waals surface area (Å²) in [5.41, 5.74) is 5.62. The van der Waals surface area contributed by atoms with Crippen LogP contribution >= 0.6 is 0 Å². The van der Waals surface area contributed by atoms with Crippen molar-refractivity contribution >= 4 is 21.4 Å². The first-order valence-electron chi connectivity index (χ1n) is 6.28. The van der Waals surface area contributed by atoms with Crippen LogP contribution in [-0.4, -0.2) is 44.3 Å². The van der Waals surface area contributed by atoms with Crippen LogP contribution in [0.25, 0.3) is 0 Å². The van der Waals surface area contributed by atoms with Crippen molar-refractivity contribution in [3.05, 3.63) is 18.5 Å². The number of pyridine rings is 1. The van der Waals surface area contributed by atoms with Crippen LogP contribution in [0.5, 0.6) is 0 Å². The SMILES string of the molecule is Nc1cnccc1S(=O)(=O)CC(=O)NC1CCOCC1. The van der Waals surface area contributed by atoms with Crippen molar-refractivity contribution in [2.24, 2.45) is 0 Å². The number of anilines is 1. The van der Waals surface area contributed by atoms with E-state index in [9.17, 15) is 13.2 Å². The van der Waals surface area contributed by atoms with Gasteiger partial charge in [0.2, 0.25) is 5.91 Å². The number of nitrogens with zero attached hydrogens (tertiary/aromatic N) is 1. The third-order valence-electron chi connectivity index (χ3n) is 3.05. The molecule has 7 nitrogen and oxygen atoms in total. The van der Waals surface area contributed by atoms with Gasteiger partial charge < -0.3 is 15.8 Å². The zero-order valence-electron chi connectivity index (χ0n) is 10.9. The molecule has 0 bridgehead atoms. The minimum atomic E-state index is -3.75. The molecular formula is C12H17N3O4S. The Morgan fingerprint density at radius 3 is 2.80 bits per heavy atom. The lowest BCUT2D eigenvalue weighted by Crippen LogP contribution is -2.41. The number of carbonyl (C=O) groups is 1. The van der Waals surface area contributed by atoms with Gasteiger partial charge in [0, 0.05) is 25.5 Å². The van der Waals surface area contributed by atoms with E-state index in [2.05, 4.69) is 10.3 Å². The maximum absolute atomic E-state index is 12.1. The Kier molecular flexibility index (Phi) is 4.56. The van der Waals surface area contributed by atoms with Crippen LogP contribution in [0.15, 0.2) is 23.4 Å². The molecule has 1 saturated heterocycles. The average Bonchev–Trinajstić information content (AvgIpc) is 2.39. The lowest BCUT2D eigenvalue weighted by Gasteiger charge is -2.23. The molecule has 0 aliphatic carbocycles. The summed E-state index contributed by atoms with van der Waals surface area (Å²) in [6.45, 7) is 1.16. The van der Waals surface area contributed by atoms with E-state index < -0.39 is 21.5 Å². The maximum Gasteiger partial charge on any atom is 0.235 e. The van der Waals surface area contributed by atoms with Gasteiger partial charge >= 0.3 is 0 Å². The molecule has 1 amide bonds. The van der Waals surface area contributed by atoms with Crippen LogP contribution in [0.4, 0.5) is 5.69 Å². The molecule has 20 heavy (non-hydrogen) atoms. The molecule has 0 unspecified atom stereocenters. The van der Waals surface area contributed by atoms with Gasteiger partial charge in [0.05, 0.1) is 16.8 Å². The monoisotopic (exact) mass is 299 g/mol. The van der Waals surface area contributed by atoms with E-state index in [1.54, 1.807) is 0 Å². The van der Waals surface area contributed by atoms with Gasteiger partial charge in [-0.05, 0) is 18.9 Å². The fourth-order valence-electron chi connectivity index (χ4n) is 2.04. The highest BCUT2D eigenvalue weighted by Gasteiger charge is 2.24. The fraction of sp³-hybridized carbons (Fsp3) is 0.500. The normalized spacial score (nSPS) is 16.8. The molecule has 0 aromatic carbocycles. The number of rotatable bonds is 4. The Morgan fingerprint density at radius 2 is 2.15 bits per heavy atom. The summed E-state index contributed by atoms with van der Waals surface area (Å²) >= 11 is 0. The van der Waals surface area contributed by atoms with E-state index in [4.69, 9.17) is 10.5 Å². The van der Waals surface area contributed by atoms with Gasteiger partial charge in [0.15, 0.2) is 9.84 Å². The number of nitrogens with two attached hydrogens (primary N) is 1. The van der Waals surface area contributed by atoms with Gasteiger partial charge in [-0.3, -0.25) is 9.78 Å². The molecule has 0 saturated carbocycles. The van der Waals surface area contributed by atoms with E-state index in [-0.39, 0.29) is 16.6 Å². The predicted molar refractivity (Wildman–Crippen MR) is 72.7 cm³/mol. The summed E-state index contributed by atoms with van der Waals surface area (Å²) in [6.07, 6.45) is 3.98. The van der Waals surface area contributed by atoms with E-state index in [1.165, 1.54) is 18.5 Å². The Morgan fingerprint density at radius 1 is 1.45 bits per heavy atom. The van der Waals surface area contributed by atoms with Crippen molar-refractivity contribution in [3.8, 4) is 0 Å². The van der Waals surface area contributed by atoms with Crippen molar-refractivity contribution in [2.45, 2.75) is 23.8 Å². The number of hydrogen-bond donors (Lipinski definition) is 2. The number of amides is 1.